The van der Waals surface area contributed by atoms with Gasteiger partial charge in [0.1, 0.15) is 0 Å². The highest BCUT2D eigenvalue weighted by atomic mass is 32.2. The third-order valence-electron chi connectivity index (χ3n) is 3.99. The van der Waals surface area contributed by atoms with Crippen LogP contribution in [0, 0.1) is 12.3 Å². The van der Waals surface area contributed by atoms with Gasteiger partial charge in [-0.05, 0) is 36.4 Å². The van der Waals surface area contributed by atoms with E-state index in [1.807, 2.05) is 0 Å². The summed E-state index contributed by atoms with van der Waals surface area (Å²) in [6.45, 7) is 1.34. The Bertz CT molecular complexity index is 957. The fourth-order valence-corrected chi connectivity index (χ4v) is 4.08. The first-order chi connectivity index (χ1) is 12.5. The Morgan fingerprint density at radius 1 is 1.12 bits per heavy atom. The van der Waals surface area contributed by atoms with Crippen LogP contribution in [-0.2, 0) is 14.8 Å². The molecule has 3 rings (SSSR count). The van der Waals surface area contributed by atoms with Crippen molar-refractivity contribution in [2.45, 2.75) is 4.90 Å². The molecule has 1 aliphatic rings. The van der Waals surface area contributed by atoms with Gasteiger partial charge in [0.05, 0.1) is 18.1 Å². The second-order valence-electron chi connectivity index (χ2n) is 5.72. The summed E-state index contributed by atoms with van der Waals surface area (Å²) in [6.07, 6.45) is 5.36. The summed E-state index contributed by atoms with van der Waals surface area (Å²) in [5, 5.41) is 2.73. The van der Waals surface area contributed by atoms with Crippen LogP contribution in [0.4, 0.5) is 5.69 Å². The molecular formula is C19H18N2O4S. The zero-order valence-electron chi connectivity index (χ0n) is 14.0. The highest BCUT2D eigenvalue weighted by molar-refractivity contribution is 7.89. The Kier molecular flexibility index (Phi) is 5.38. The summed E-state index contributed by atoms with van der Waals surface area (Å²) < 4.78 is 32.0. The zero-order chi connectivity index (χ0) is 18.6. The van der Waals surface area contributed by atoms with Gasteiger partial charge in [0.15, 0.2) is 0 Å². The standard InChI is InChI=1S/C19H18N2O4S/c1-2-15-5-3-7-17(13-15)20-19(22)16-6-4-8-18(14-16)26(23,24)21-9-11-25-12-10-21/h1,3-8,13-14H,9-12H2,(H,20,22). The van der Waals surface area contributed by atoms with Crippen LogP contribution in [0.3, 0.4) is 0 Å². The molecule has 0 atom stereocenters. The van der Waals surface area contributed by atoms with E-state index in [0.717, 1.165) is 0 Å². The van der Waals surface area contributed by atoms with Gasteiger partial charge in [-0.15, -0.1) is 6.42 Å². The first-order valence-corrected chi connectivity index (χ1v) is 9.51. The van der Waals surface area contributed by atoms with Gasteiger partial charge >= 0.3 is 0 Å². The molecule has 1 amide bonds. The molecule has 0 radical (unpaired) electrons. The van der Waals surface area contributed by atoms with Gasteiger partial charge in [-0.2, -0.15) is 4.31 Å². The maximum absolute atomic E-state index is 12.7. The van der Waals surface area contributed by atoms with E-state index in [1.165, 1.54) is 16.4 Å². The van der Waals surface area contributed by atoms with E-state index >= 15 is 0 Å². The molecule has 2 aromatic carbocycles. The predicted molar refractivity (Wildman–Crippen MR) is 98.4 cm³/mol. The number of benzene rings is 2. The van der Waals surface area contributed by atoms with Crippen molar-refractivity contribution in [1.82, 2.24) is 4.31 Å². The summed E-state index contributed by atoms with van der Waals surface area (Å²) >= 11 is 0. The topological polar surface area (TPSA) is 75.7 Å². The van der Waals surface area contributed by atoms with Crippen molar-refractivity contribution in [2.24, 2.45) is 0 Å². The molecule has 1 fully saturated rings. The maximum Gasteiger partial charge on any atom is 0.255 e. The third kappa shape index (κ3) is 3.94. The van der Waals surface area contributed by atoms with Gasteiger partial charge in [-0.25, -0.2) is 8.42 Å². The number of terminal acetylenes is 1. The molecule has 2 aromatic rings. The minimum atomic E-state index is -3.65. The number of ether oxygens (including phenoxy) is 1. The fraction of sp³-hybridized carbons (Fsp3) is 0.211. The Morgan fingerprint density at radius 2 is 1.85 bits per heavy atom. The number of nitrogens with zero attached hydrogens (tertiary/aromatic N) is 1. The highest BCUT2D eigenvalue weighted by Gasteiger charge is 2.26. The van der Waals surface area contributed by atoms with Crippen molar-refractivity contribution in [1.29, 1.82) is 0 Å². The molecule has 0 unspecified atom stereocenters. The quantitative estimate of drug-likeness (QED) is 0.835. The summed E-state index contributed by atoms with van der Waals surface area (Å²) in [5.74, 6) is 2.09. The lowest BCUT2D eigenvalue weighted by Crippen LogP contribution is -2.40. The number of carbonyl (C=O) groups is 1. The molecule has 0 bridgehead atoms. The predicted octanol–water partition coefficient (Wildman–Crippen LogP) is 1.94. The molecule has 1 N–H and O–H groups in total. The number of nitrogens with one attached hydrogen (secondary N) is 1. The first kappa shape index (κ1) is 18.1. The molecular weight excluding hydrogens is 352 g/mol. The Labute approximate surface area is 152 Å². The number of morpholine rings is 1. The van der Waals surface area contributed by atoms with Gasteiger partial charge in [0.25, 0.3) is 5.91 Å². The zero-order valence-corrected chi connectivity index (χ0v) is 14.8. The largest absolute Gasteiger partial charge is 0.379 e. The minimum Gasteiger partial charge on any atom is -0.379 e. The number of anilines is 1. The molecule has 1 heterocycles. The van der Waals surface area contributed by atoms with E-state index in [9.17, 15) is 13.2 Å². The van der Waals surface area contributed by atoms with E-state index in [4.69, 9.17) is 11.2 Å². The SMILES string of the molecule is C#Cc1cccc(NC(=O)c2cccc(S(=O)(=O)N3CCOCC3)c2)c1. The lowest BCUT2D eigenvalue weighted by Gasteiger charge is -2.26. The van der Waals surface area contributed by atoms with E-state index in [-0.39, 0.29) is 10.5 Å². The summed E-state index contributed by atoms with van der Waals surface area (Å²) in [4.78, 5) is 12.6. The number of amides is 1. The fourth-order valence-electron chi connectivity index (χ4n) is 2.62. The van der Waals surface area contributed by atoms with Crippen LogP contribution in [0.2, 0.25) is 0 Å². The molecule has 0 aromatic heterocycles. The van der Waals surface area contributed by atoms with E-state index in [1.54, 1.807) is 36.4 Å². The molecule has 1 aliphatic heterocycles. The molecule has 26 heavy (non-hydrogen) atoms. The van der Waals surface area contributed by atoms with Crippen LogP contribution in [0.25, 0.3) is 0 Å². The average molecular weight is 370 g/mol. The van der Waals surface area contributed by atoms with Crippen molar-refractivity contribution >= 4 is 21.6 Å². The number of hydrogen-bond acceptors (Lipinski definition) is 4. The van der Waals surface area contributed by atoms with Crippen LogP contribution >= 0.6 is 0 Å². The molecule has 0 saturated carbocycles. The van der Waals surface area contributed by atoms with Crippen LogP contribution in [0.5, 0.6) is 0 Å². The van der Waals surface area contributed by atoms with Crippen molar-refractivity contribution in [3.05, 3.63) is 59.7 Å². The van der Waals surface area contributed by atoms with Crippen molar-refractivity contribution in [3.8, 4) is 12.3 Å². The molecule has 0 aliphatic carbocycles. The summed E-state index contributed by atoms with van der Waals surface area (Å²) in [7, 11) is -3.65. The Hall–Kier alpha value is -2.66. The normalized spacial score (nSPS) is 15.2. The highest BCUT2D eigenvalue weighted by Crippen LogP contribution is 2.19. The third-order valence-corrected chi connectivity index (χ3v) is 5.89. The Morgan fingerprint density at radius 3 is 2.58 bits per heavy atom. The maximum atomic E-state index is 12.7. The molecule has 7 heteroatoms. The second kappa shape index (κ2) is 7.70. The van der Waals surface area contributed by atoms with Gasteiger partial charge < -0.3 is 10.1 Å². The summed E-state index contributed by atoms with van der Waals surface area (Å²) in [5.41, 5.74) is 1.45. The monoisotopic (exact) mass is 370 g/mol. The van der Waals surface area contributed by atoms with Crippen LogP contribution in [0.15, 0.2) is 53.4 Å². The van der Waals surface area contributed by atoms with Gasteiger partial charge in [0.2, 0.25) is 10.0 Å². The number of carbonyl (C=O) groups excluding carboxylic acids is 1. The lowest BCUT2D eigenvalue weighted by atomic mass is 10.2. The van der Waals surface area contributed by atoms with Crippen LogP contribution in [-0.4, -0.2) is 44.9 Å². The van der Waals surface area contributed by atoms with Gasteiger partial charge in [0, 0.05) is 29.9 Å². The van der Waals surface area contributed by atoms with Gasteiger partial charge in [-0.1, -0.05) is 18.1 Å². The van der Waals surface area contributed by atoms with Crippen molar-refractivity contribution in [3.63, 3.8) is 0 Å². The molecule has 0 spiro atoms. The molecule has 134 valence electrons. The number of hydrogen-bond donors (Lipinski definition) is 1. The van der Waals surface area contributed by atoms with Crippen LogP contribution in [0.1, 0.15) is 15.9 Å². The summed E-state index contributed by atoms with van der Waals surface area (Å²) in [6, 6.07) is 12.9. The minimum absolute atomic E-state index is 0.0874. The average Bonchev–Trinajstić information content (AvgIpc) is 2.69. The van der Waals surface area contributed by atoms with Crippen molar-refractivity contribution in [2.75, 3.05) is 31.6 Å². The number of rotatable bonds is 4. The smallest absolute Gasteiger partial charge is 0.255 e. The Balaban J connectivity index is 1.82. The lowest BCUT2D eigenvalue weighted by molar-refractivity contribution is 0.0730. The first-order valence-electron chi connectivity index (χ1n) is 8.07. The van der Waals surface area contributed by atoms with Crippen LogP contribution < -0.4 is 5.32 Å². The molecule has 6 nitrogen and oxygen atoms in total. The van der Waals surface area contributed by atoms with E-state index < -0.39 is 15.9 Å². The van der Waals surface area contributed by atoms with Gasteiger partial charge in [-0.3, -0.25) is 4.79 Å². The second-order valence-corrected chi connectivity index (χ2v) is 7.66. The number of sulfonamides is 1. The van der Waals surface area contributed by atoms with E-state index in [2.05, 4.69) is 11.2 Å². The van der Waals surface area contributed by atoms with E-state index in [0.29, 0.717) is 37.6 Å². The van der Waals surface area contributed by atoms with Crippen molar-refractivity contribution < 1.29 is 17.9 Å². The molecule has 1 saturated heterocycles.